The Morgan fingerprint density at radius 3 is 2.27 bits per heavy atom. The van der Waals surface area contributed by atoms with Gasteiger partial charge in [0.15, 0.2) is 11.6 Å². The number of thiol groups is 1. The van der Waals surface area contributed by atoms with Crippen LogP contribution in [-0.4, -0.2) is 11.6 Å². The molecule has 0 radical (unpaired) electrons. The highest BCUT2D eigenvalue weighted by Crippen LogP contribution is 2.20. The Labute approximate surface area is 92.7 Å². The molecule has 0 spiro atoms. The van der Waals surface area contributed by atoms with Crippen LogP contribution in [0.5, 0.6) is 0 Å². The van der Waals surface area contributed by atoms with Gasteiger partial charge in [0.1, 0.15) is 0 Å². The molecule has 0 N–H and O–H groups in total. The van der Waals surface area contributed by atoms with Crippen LogP contribution in [0.3, 0.4) is 0 Å². The van der Waals surface area contributed by atoms with E-state index in [1.807, 2.05) is 0 Å². The first-order valence-electron chi connectivity index (χ1n) is 4.44. The van der Waals surface area contributed by atoms with Gasteiger partial charge in [0.05, 0.1) is 0 Å². The van der Waals surface area contributed by atoms with Crippen LogP contribution in [0.4, 0.5) is 0 Å². The molecule has 74 valence electrons. The Morgan fingerprint density at radius 2 is 1.60 bits per heavy atom. The Bertz CT molecular complexity index is 481. The summed E-state index contributed by atoms with van der Waals surface area (Å²) in [5.74, 6) is -0.291. The third kappa shape index (κ3) is 2.07. The molecule has 0 aromatic heterocycles. The first-order chi connectivity index (χ1) is 7.16. The summed E-state index contributed by atoms with van der Waals surface area (Å²) in [5, 5.41) is 0. The van der Waals surface area contributed by atoms with Crippen LogP contribution in [0.2, 0.25) is 0 Å². The van der Waals surface area contributed by atoms with E-state index in [9.17, 15) is 9.59 Å². The number of allylic oxidation sites excluding steroid dienone is 4. The van der Waals surface area contributed by atoms with E-state index in [-0.39, 0.29) is 11.6 Å². The van der Waals surface area contributed by atoms with Crippen LogP contribution in [0.15, 0.2) is 47.4 Å². The molecule has 3 heteroatoms. The maximum atomic E-state index is 11.5. The van der Waals surface area contributed by atoms with E-state index in [2.05, 4.69) is 12.6 Å². The fourth-order valence-electron chi connectivity index (χ4n) is 1.38. The fraction of sp³-hybridized carbons (Fsp3) is 0. The summed E-state index contributed by atoms with van der Waals surface area (Å²) < 4.78 is 0. The second-order valence-corrected chi connectivity index (χ2v) is 3.72. The molecule has 1 aliphatic rings. The Balaban J connectivity index is 2.43. The number of ketones is 2. The van der Waals surface area contributed by atoms with Crippen molar-refractivity contribution >= 4 is 29.8 Å². The van der Waals surface area contributed by atoms with Gasteiger partial charge < -0.3 is 0 Å². The summed E-state index contributed by atoms with van der Waals surface area (Å²) in [6.07, 6.45) is 3.93. The second kappa shape index (κ2) is 3.87. The summed E-state index contributed by atoms with van der Waals surface area (Å²) in [6.45, 7) is 0. The SMILES string of the molecule is O=C1C=CC(=O)C(c2ccc(S)cc2)=C1. The zero-order valence-corrected chi connectivity index (χ0v) is 8.70. The lowest BCUT2D eigenvalue weighted by Gasteiger charge is -2.06. The minimum atomic E-state index is -0.153. The van der Waals surface area contributed by atoms with Gasteiger partial charge in [0.25, 0.3) is 0 Å². The van der Waals surface area contributed by atoms with Gasteiger partial charge in [-0.15, -0.1) is 12.6 Å². The molecular weight excluding hydrogens is 208 g/mol. The molecule has 0 atom stereocenters. The van der Waals surface area contributed by atoms with E-state index in [4.69, 9.17) is 0 Å². The lowest BCUT2D eigenvalue weighted by atomic mass is 9.96. The van der Waals surface area contributed by atoms with Gasteiger partial charge >= 0.3 is 0 Å². The number of benzene rings is 1. The van der Waals surface area contributed by atoms with Crippen molar-refractivity contribution in [2.24, 2.45) is 0 Å². The van der Waals surface area contributed by atoms with Crippen molar-refractivity contribution in [3.05, 3.63) is 48.1 Å². The van der Waals surface area contributed by atoms with E-state index in [0.717, 1.165) is 10.5 Å². The first-order valence-corrected chi connectivity index (χ1v) is 4.89. The molecular formula is C12H8O2S. The Kier molecular flexibility index (Phi) is 2.56. The second-order valence-electron chi connectivity index (χ2n) is 3.20. The van der Waals surface area contributed by atoms with E-state index in [1.165, 1.54) is 18.2 Å². The summed E-state index contributed by atoms with van der Waals surface area (Å²) >= 11 is 4.15. The van der Waals surface area contributed by atoms with E-state index in [1.54, 1.807) is 24.3 Å². The predicted molar refractivity (Wildman–Crippen MR) is 60.8 cm³/mol. The van der Waals surface area contributed by atoms with Gasteiger partial charge in [-0.1, -0.05) is 12.1 Å². The standard InChI is InChI=1S/C12H8O2S/c13-9-3-6-12(14)11(7-9)8-1-4-10(15)5-2-8/h1-7,15H. The van der Waals surface area contributed by atoms with Crippen molar-refractivity contribution < 1.29 is 9.59 Å². The lowest BCUT2D eigenvalue weighted by molar-refractivity contribution is -0.113. The van der Waals surface area contributed by atoms with Gasteiger partial charge in [0, 0.05) is 10.5 Å². The summed E-state index contributed by atoms with van der Waals surface area (Å²) in [4.78, 5) is 23.5. The summed E-state index contributed by atoms with van der Waals surface area (Å²) in [7, 11) is 0. The number of carbonyl (C=O) groups is 2. The van der Waals surface area contributed by atoms with Crippen LogP contribution in [0.25, 0.3) is 5.57 Å². The molecule has 2 rings (SSSR count). The van der Waals surface area contributed by atoms with Crippen molar-refractivity contribution in [2.75, 3.05) is 0 Å². The molecule has 0 amide bonds. The lowest BCUT2D eigenvalue weighted by Crippen LogP contribution is -2.06. The van der Waals surface area contributed by atoms with Crippen LogP contribution in [0.1, 0.15) is 5.56 Å². The quantitative estimate of drug-likeness (QED) is 0.576. The number of hydrogen-bond acceptors (Lipinski definition) is 3. The average Bonchev–Trinajstić information content (AvgIpc) is 2.23. The highest BCUT2D eigenvalue weighted by atomic mass is 32.1. The Morgan fingerprint density at radius 1 is 0.933 bits per heavy atom. The number of carbonyl (C=O) groups excluding carboxylic acids is 2. The molecule has 0 unspecified atom stereocenters. The third-order valence-corrected chi connectivity index (χ3v) is 2.43. The van der Waals surface area contributed by atoms with Gasteiger partial charge in [-0.2, -0.15) is 0 Å². The zero-order valence-electron chi connectivity index (χ0n) is 7.81. The van der Waals surface area contributed by atoms with Crippen LogP contribution >= 0.6 is 12.6 Å². The van der Waals surface area contributed by atoms with Crippen LogP contribution in [0, 0.1) is 0 Å². The van der Waals surface area contributed by atoms with Crippen molar-refractivity contribution in [3.63, 3.8) is 0 Å². The third-order valence-electron chi connectivity index (χ3n) is 2.13. The molecule has 15 heavy (non-hydrogen) atoms. The monoisotopic (exact) mass is 216 g/mol. The topological polar surface area (TPSA) is 34.1 Å². The normalized spacial score (nSPS) is 15.4. The molecule has 0 fully saturated rings. The van der Waals surface area contributed by atoms with Gasteiger partial charge in [-0.25, -0.2) is 0 Å². The summed E-state index contributed by atoms with van der Waals surface area (Å²) in [6, 6.07) is 7.13. The smallest absolute Gasteiger partial charge is 0.186 e. The van der Waals surface area contributed by atoms with Crippen LogP contribution < -0.4 is 0 Å². The molecule has 1 aliphatic carbocycles. The zero-order chi connectivity index (χ0) is 10.8. The van der Waals surface area contributed by atoms with E-state index < -0.39 is 0 Å². The predicted octanol–water partition coefficient (Wildman–Crippen LogP) is 2.07. The summed E-state index contributed by atoms with van der Waals surface area (Å²) in [5.41, 5.74) is 1.19. The molecule has 0 saturated heterocycles. The molecule has 0 aliphatic heterocycles. The highest BCUT2D eigenvalue weighted by molar-refractivity contribution is 7.80. The van der Waals surface area contributed by atoms with Gasteiger partial charge in [-0.3, -0.25) is 9.59 Å². The minimum absolute atomic E-state index is 0.137. The molecule has 1 aromatic rings. The first kappa shape index (κ1) is 9.93. The van der Waals surface area contributed by atoms with Gasteiger partial charge in [0.2, 0.25) is 0 Å². The van der Waals surface area contributed by atoms with Crippen molar-refractivity contribution in [2.45, 2.75) is 4.90 Å². The van der Waals surface area contributed by atoms with Crippen LogP contribution in [-0.2, 0) is 9.59 Å². The van der Waals surface area contributed by atoms with Crippen molar-refractivity contribution in [1.29, 1.82) is 0 Å². The highest BCUT2D eigenvalue weighted by Gasteiger charge is 2.14. The number of rotatable bonds is 1. The average molecular weight is 216 g/mol. The minimum Gasteiger partial charge on any atom is -0.290 e. The van der Waals surface area contributed by atoms with Crippen molar-refractivity contribution in [3.8, 4) is 0 Å². The maximum absolute atomic E-state index is 11.5. The molecule has 0 bridgehead atoms. The molecule has 1 aromatic carbocycles. The largest absolute Gasteiger partial charge is 0.290 e. The van der Waals surface area contributed by atoms with Gasteiger partial charge in [-0.05, 0) is 35.9 Å². The molecule has 0 saturated carbocycles. The van der Waals surface area contributed by atoms with E-state index >= 15 is 0 Å². The molecule has 2 nitrogen and oxygen atoms in total. The maximum Gasteiger partial charge on any atom is 0.186 e. The van der Waals surface area contributed by atoms with E-state index in [0.29, 0.717) is 5.57 Å². The van der Waals surface area contributed by atoms with Crippen molar-refractivity contribution in [1.82, 2.24) is 0 Å². The Hall–Kier alpha value is -1.61. The fourth-order valence-corrected chi connectivity index (χ4v) is 1.52. The number of hydrogen-bond donors (Lipinski definition) is 1. The molecule has 0 heterocycles.